The van der Waals surface area contributed by atoms with Crippen LogP contribution in [0.15, 0.2) is 36.4 Å². The molecule has 1 saturated heterocycles. The van der Waals surface area contributed by atoms with Crippen LogP contribution in [-0.2, 0) is 16.1 Å². The van der Waals surface area contributed by atoms with Crippen molar-refractivity contribution >= 4 is 23.6 Å². The Balaban J connectivity index is 1.45. The van der Waals surface area contributed by atoms with Crippen molar-refractivity contribution in [2.24, 2.45) is 5.73 Å². The van der Waals surface area contributed by atoms with Crippen LogP contribution < -0.4 is 25.0 Å². The quantitative estimate of drug-likeness (QED) is 0.802. The monoisotopic (exact) mass is 424 g/mol. The van der Waals surface area contributed by atoms with E-state index < -0.39 is 6.09 Å². The molecule has 0 unspecified atom stereocenters. The topological polar surface area (TPSA) is 107 Å². The van der Waals surface area contributed by atoms with E-state index in [2.05, 4.69) is 4.98 Å². The molecule has 9 nitrogen and oxygen atoms in total. The lowest BCUT2D eigenvalue weighted by molar-refractivity contribution is -0.121. The molecule has 2 fully saturated rings. The maximum Gasteiger partial charge on any atom is 0.416 e. The van der Waals surface area contributed by atoms with Crippen molar-refractivity contribution in [3.05, 3.63) is 42.0 Å². The summed E-state index contributed by atoms with van der Waals surface area (Å²) in [6, 6.07) is 10.9. The molecule has 1 aromatic heterocycles. The molecule has 1 saturated carbocycles. The van der Waals surface area contributed by atoms with E-state index in [0.717, 1.165) is 24.2 Å². The third-order valence-electron chi connectivity index (χ3n) is 6.06. The molecule has 31 heavy (non-hydrogen) atoms. The SMILES string of the molecule is COc1ccc(CN2C(=O)COc3ccc(N4C(=O)O[C@H]5C[C@@H](N)CC[C@@H]54)nc32)cc1. The summed E-state index contributed by atoms with van der Waals surface area (Å²) in [7, 11) is 1.61. The van der Waals surface area contributed by atoms with E-state index in [4.69, 9.17) is 19.9 Å². The first kappa shape index (κ1) is 19.6. The second-order valence-electron chi connectivity index (χ2n) is 8.04. The van der Waals surface area contributed by atoms with Gasteiger partial charge in [-0.25, -0.2) is 9.78 Å². The van der Waals surface area contributed by atoms with Crippen molar-refractivity contribution in [3.63, 3.8) is 0 Å². The lowest BCUT2D eigenvalue weighted by atomic mass is 9.89. The minimum absolute atomic E-state index is 0.0384. The van der Waals surface area contributed by atoms with Gasteiger partial charge in [-0.1, -0.05) is 12.1 Å². The van der Waals surface area contributed by atoms with Crippen molar-refractivity contribution < 1.29 is 23.8 Å². The summed E-state index contributed by atoms with van der Waals surface area (Å²) in [5.74, 6) is 1.90. The highest BCUT2D eigenvalue weighted by atomic mass is 16.6. The van der Waals surface area contributed by atoms with Crippen molar-refractivity contribution in [1.29, 1.82) is 0 Å². The number of nitrogens with zero attached hydrogens (tertiary/aromatic N) is 3. The van der Waals surface area contributed by atoms with Gasteiger partial charge in [-0.2, -0.15) is 0 Å². The normalized spacial score (nSPS) is 24.9. The fourth-order valence-electron chi connectivity index (χ4n) is 4.43. The predicted octanol–water partition coefficient (Wildman–Crippen LogP) is 2.22. The van der Waals surface area contributed by atoms with Crippen LogP contribution in [0.5, 0.6) is 11.5 Å². The van der Waals surface area contributed by atoms with E-state index in [0.29, 0.717) is 30.4 Å². The molecule has 2 N–H and O–H groups in total. The highest BCUT2D eigenvalue weighted by Gasteiger charge is 2.46. The Kier molecular flexibility index (Phi) is 4.90. The van der Waals surface area contributed by atoms with E-state index in [1.165, 1.54) is 0 Å². The van der Waals surface area contributed by atoms with E-state index in [-0.39, 0.29) is 30.7 Å². The number of rotatable bonds is 4. The number of benzene rings is 1. The van der Waals surface area contributed by atoms with Crippen LogP contribution in [-0.4, -0.2) is 48.9 Å². The molecule has 1 aliphatic carbocycles. The molecule has 162 valence electrons. The third kappa shape index (κ3) is 3.54. The first-order chi connectivity index (χ1) is 15.0. The van der Waals surface area contributed by atoms with Gasteiger partial charge in [0.2, 0.25) is 0 Å². The number of nitrogens with two attached hydrogens (primary N) is 1. The molecule has 2 amide bonds. The molecule has 0 radical (unpaired) electrons. The summed E-state index contributed by atoms with van der Waals surface area (Å²) in [5.41, 5.74) is 6.97. The number of aromatic nitrogens is 1. The van der Waals surface area contributed by atoms with E-state index in [1.807, 2.05) is 24.3 Å². The fraction of sp³-hybridized carbons (Fsp3) is 0.409. The smallest absolute Gasteiger partial charge is 0.416 e. The maximum atomic E-state index is 12.7. The van der Waals surface area contributed by atoms with Crippen LogP contribution in [0.2, 0.25) is 0 Å². The average Bonchev–Trinajstić information content (AvgIpc) is 3.10. The van der Waals surface area contributed by atoms with Gasteiger partial charge >= 0.3 is 6.09 Å². The number of fused-ring (bicyclic) bond motifs is 2. The van der Waals surface area contributed by atoms with Gasteiger partial charge in [0.05, 0.1) is 19.7 Å². The second-order valence-corrected chi connectivity index (χ2v) is 8.04. The van der Waals surface area contributed by atoms with Crippen LogP contribution in [0.1, 0.15) is 24.8 Å². The number of hydrogen-bond acceptors (Lipinski definition) is 7. The maximum absolute atomic E-state index is 12.7. The number of carbonyl (C=O) groups excluding carboxylic acids is 2. The number of carbonyl (C=O) groups is 2. The Morgan fingerprint density at radius 2 is 1.97 bits per heavy atom. The van der Waals surface area contributed by atoms with E-state index in [9.17, 15) is 9.59 Å². The van der Waals surface area contributed by atoms with Crippen LogP contribution in [0.4, 0.5) is 16.4 Å². The van der Waals surface area contributed by atoms with Crippen LogP contribution >= 0.6 is 0 Å². The van der Waals surface area contributed by atoms with Gasteiger partial charge in [0.15, 0.2) is 18.2 Å². The van der Waals surface area contributed by atoms with Crippen LogP contribution in [0, 0.1) is 0 Å². The molecule has 2 aliphatic heterocycles. The number of amides is 2. The molecule has 5 rings (SSSR count). The van der Waals surface area contributed by atoms with Crippen molar-refractivity contribution in [2.45, 2.75) is 44.0 Å². The zero-order chi connectivity index (χ0) is 21.5. The van der Waals surface area contributed by atoms with Gasteiger partial charge < -0.3 is 19.9 Å². The Labute approximate surface area is 179 Å². The van der Waals surface area contributed by atoms with Crippen molar-refractivity contribution in [2.75, 3.05) is 23.5 Å². The molecule has 9 heteroatoms. The first-order valence-corrected chi connectivity index (χ1v) is 10.4. The van der Waals surface area contributed by atoms with E-state index in [1.54, 1.807) is 29.0 Å². The minimum atomic E-state index is -0.429. The number of methoxy groups -OCH3 is 1. The van der Waals surface area contributed by atoms with E-state index >= 15 is 0 Å². The molecule has 0 spiro atoms. The van der Waals surface area contributed by atoms with Gasteiger partial charge in [0, 0.05) is 12.5 Å². The molecule has 3 atom stereocenters. The van der Waals surface area contributed by atoms with Gasteiger partial charge in [-0.3, -0.25) is 14.6 Å². The molecule has 0 bridgehead atoms. The Morgan fingerprint density at radius 3 is 2.74 bits per heavy atom. The summed E-state index contributed by atoms with van der Waals surface area (Å²) in [6.45, 7) is 0.277. The highest BCUT2D eigenvalue weighted by molar-refractivity contribution is 5.97. The number of hydrogen-bond donors (Lipinski definition) is 1. The average molecular weight is 424 g/mol. The lowest BCUT2D eigenvalue weighted by Gasteiger charge is -2.32. The standard InChI is InChI=1S/C22H24N4O5/c1-29-15-5-2-13(3-6-15)11-25-20(27)12-30-17-8-9-19(24-21(17)25)26-16-7-4-14(23)10-18(16)31-22(26)28/h2-3,5-6,8-9,14,16,18H,4,7,10-12,23H2,1H3/t14-,16-,18-/m0/s1. The summed E-state index contributed by atoms with van der Waals surface area (Å²) >= 11 is 0. The number of anilines is 2. The van der Waals surface area contributed by atoms with Gasteiger partial charge in [-0.05, 0) is 42.7 Å². The van der Waals surface area contributed by atoms with Crippen LogP contribution in [0.25, 0.3) is 0 Å². The number of ether oxygens (including phenoxy) is 3. The molecule has 1 aromatic carbocycles. The summed E-state index contributed by atoms with van der Waals surface area (Å²) in [4.78, 5) is 33.1. The predicted molar refractivity (Wildman–Crippen MR) is 112 cm³/mol. The summed E-state index contributed by atoms with van der Waals surface area (Å²) in [6.07, 6.45) is 1.55. The molecule has 2 aromatic rings. The third-order valence-corrected chi connectivity index (χ3v) is 6.06. The Hall–Kier alpha value is -3.33. The van der Waals surface area contributed by atoms with Crippen LogP contribution in [0.3, 0.4) is 0 Å². The first-order valence-electron chi connectivity index (χ1n) is 10.4. The zero-order valence-electron chi connectivity index (χ0n) is 17.2. The minimum Gasteiger partial charge on any atom is -0.497 e. The Bertz CT molecular complexity index is 1010. The van der Waals surface area contributed by atoms with Crippen molar-refractivity contribution in [3.8, 4) is 11.5 Å². The summed E-state index contributed by atoms with van der Waals surface area (Å²) in [5, 5.41) is 0. The molecular formula is C22H24N4O5. The van der Waals surface area contributed by atoms with Crippen molar-refractivity contribution in [1.82, 2.24) is 4.98 Å². The lowest BCUT2D eigenvalue weighted by Crippen LogP contribution is -2.44. The van der Waals surface area contributed by atoms with Gasteiger partial charge in [0.1, 0.15) is 17.7 Å². The molecule has 3 heterocycles. The Morgan fingerprint density at radius 1 is 1.16 bits per heavy atom. The number of pyridine rings is 1. The van der Waals surface area contributed by atoms with Gasteiger partial charge in [-0.15, -0.1) is 0 Å². The van der Waals surface area contributed by atoms with Gasteiger partial charge in [0.25, 0.3) is 5.91 Å². The summed E-state index contributed by atoms with van der Waals surface area (Å²) < 4.78 is 16.3. The molecular weight excluding hydrogens is 400 g/mol. The molecule has 3 aliphatic rings. The largest absolute Gasteiger partial charge is 0.497 e. The zero-order valence-corrected chi connectivity index (χ0v) is 17.2. The second kappa shape index (κ2) is 7.73. The highest BCUT2D eigenvalue weighted by Crippen LogP contribution is 2.38. The fourth-order valence-corrected chi connectivity index (χ4v) is 4.43.